The Hall–Kier alpha value is -1.43. The molecule has 0 saturated carbocycles. The van der Waals surface area contributed by atoms with Gasteiger partial charge in [0.15, 0.2) is 0 Å². The minimum atomic E-state index is -2.75. The number of hydrogen-bond donors (Lipinski definition) is 1. The molecule has 0 spiro atoms. The van der Waals surface area contributed by atoms with Crippen LogP contribution < -0.4 is 5.73 Å². The Morgan fingerprint density at radius 1 is 1.65 bits per heavy atom. The number of rotatable bonds is 4. The van der Waals surface area contributed by atoms with Crippen LogP contribution in [0.5, 0.6) is 0 Å². The van der Waals surface area contributed by atoms with Gasteiger partial charge in [-0.2, -0.15) is 0 Å². The van der Waals surface area contributed by atoms with Gasteiger partial charge in [-0.25, -0.2) is 13.8 Å². The molecule has 0 unspecified atom stereocenters. The van der Waals surface area contributed by atoms with Gasteiger partial charge in [0.05, 0.1) is 25.1 Å². The number of carbonyl (C=O) groups excluding carboxylic acids is 1. The Balaban J connectivity index is 3.21. The fraction of sp³-hybridized carbons (Fsp3) is 0.400. The van der Waals surface area contributed by atoms with Crippen LogP contribution in [0, 0.1) is 0 Å². The molecule has 0 aliphatic carbocycles. The molecule has 0 bridgehead atoms. The number of nitrogens with zero attached hydrogens (tertiary/aromatic N) is 1. The minimum Gasteiger partial charge on any atom is -0.469 e. The van der Waals surface area contributed by atoms with Crippen molar-refractivity contribution in [1.82, 2.24) is 4.98 Å². The standard InChI is InChI=1S/C10H11ClF2N2O2/c1-17-8(16)3-7-6(9(12)13)2-5(4-11)15-10(7)14/h2,9H,3-4H2,1H3,(H2,14,15). The van der Waals surface area contributed by atoms with Crippen molar-refractivity contribution in [3.05, 3.63) is 22.9 Å². The second-order valence-corrected chi connectivity index (χ2v) is 3.52. The molecule has 1 aromatic heterocycles. The maximum absolute atomic E-state index is 12.8. The molecule has 94 valence electrons. The monoisotopic (exact) mass is 264 g/mol. The highest BCUT2D eigenvalue weighted by Crippen LogP contribution is 2.28. The number of carbonyl (C=O) groups is 1. The number of nitrogens with two attached hydrogens (primary N) is 1. The third kappa shape index (κ3) is 3.26. The van der Waals surface area contributed by atoms with Gasteiger partial charge in [0, 0.05) is 11.1 Å². The molecule has 4 nitrogen and oxygen atoms in total. The molecule has 0 atom stereocenters. The summed E-state index contributed by atoms with van der Waals surface area (Å²) < 4.78 is 30.0. The molecule has 0 saturated heterocycles. The molecule has 2 N–H and O–H groups in total. The van der Waals surface area contributed by atoms with E-state index in [1.165, 1.54) is 7.11 Å². The van der Waals surface area contributed by atoms with Crippen molar-refractivity contribution in [3.63, 3.8) is 0 Å². The van der Waals surface area contributed by atoms with Crippen molar-refractivity contribution >= 4 is 23.4 Å². The van der Waals surface area contributed by atoms with E-state index in [1.54, 1.807) is 0 Å². The minimum absolute atomic E-state index is 0.0132. The zero-order chi connectivity index (χ0) is 13.0. The average Bonchev–Trinajstić information content (AvgIpc) is 2.30. The predicted octanol–water partition coefficient (Wildman–Crippen LogP) is 2.06. The lowest BCUT2D eigenvalue weighted by molar-refractivity contribution is -0.139. The van der Waals surface area contributed by atoms with Gasteiger partial charge in [0.1, 0.15) is 5.82 Å². The second kappa shape index (κ2) is 5.77. The first-order valence-corrected chi connectivity index (χ1v) is 5.22. The Morgan fingerprint density at radius 2 is 2.29 bits per heavy atom. The molecule has 1 aromatic rings. The summed E-state index contributed by atoms with van der Waals surface area (Å²) in [6.07, 6.45) is -3.08. The average molecular weight is 265 g/mol. The van der Waals surface area contributed by atoms with Crippen LogP contribution in [0.4, 0.5) is 14.6 Å². The largest absolute Gasteiger partial charge is 0.469 e. The van der Waals surface area contributed by atoms with Crippen molar-refractivity contribution in [3.8, 4) is 0 Å². The molecule has 0 aliphatic heterocycles. The van der Waals surface area contributed by atoms with E-state index in [0.717, 1.165) is 6.07 Å². The fourth-order valence-corrected chi connectivity index (χ4v) is 1.48. The lowest BCUT2D eigenvalue weighted by Gasteiger charge is -2.11. The molecule has 0 aromatic carbocycles. The van der Waals surface area contributed by atoms with Crippen molar-refractivity contribution in [2.24, 2.45) is 0 Å². The summed E-state index contributed by atoms with van der Waals surface area (Å²) in [4.78, 5) is 14.9. The van der Waals surface area contributed by atoms with E-state index >= 15 is 0 Å². The number of halogens is 3. The molecule has 1 rings (SSSR count). The summed E-state index contributed by atoms with van der Waals surface area (Å²) in [6.45, 7) is 0. The van der Waals surface area contributed by atoms with Crippen molar-refractivity contribution < 1.29 is 18.3 Å². The van der Waals surface area contributed by atoms with Gasteiger partial charge in [0.25, 0.3) is 6.43 Å². The van der Waals surface area contributed by atoms with Crippen LogP contribution >= 0.6 is 11.6 Å². The molecule has 7 heteroatoms. The summed E-state index contributed by atoms with van der Waals surface area (Å²) in [5.74, 6) is -0.800. The highest BCUT2D eigenvalue weighted by molar-refractivity contribution is 6.16. The Labute approximate surface area is 102 Å². The van der Waals surface area contributed by atoms with Crippen LogP contribution in [-0.2, 0) is 21.8 Å². The molecule has 0 aliphatic rings. The SMILES string of the molecule is COC(=O)Cc1c(C(F)F)cc(CCl)nc1N. The number of nitrogen functional groups attached to an aromatic ring is 1. The van der Waals surface area contributed by atoms with E-state index in [4.69, 9.17) is 17.3 Å². The lowest BCUT2D eigenvalue weighted by atomic mass is 10.1. The van der Waals surface area contributed by atoms with Crippen LogP contribution in [0.15, 0.2) is 6.07 Å². The Kier molecular flexibility index (Phi) is 4.62. The van der Waals surface area contributed by atoms with Gasteiger partial charge in [-0.15, -0.1) is 11.6 Å². The molecular formula is C10H11ClF2N2O2. The second-order valence-electron chi connectivity index (χ2n) is 3.25. The maximum Gasteiger partial charge on any atom is 0.310 e. The summed E-state index contributed by atoms with van der Waals surface area (Å²) in [7, 11) is 1.17. The van der Waals surface area contributed by atoms with Gasteiger partial charge in [0.2, 0.25) is 0 Å². The van der Waals surface area contributed by atoms with Gasteiger partial charge in [-0.3, -0.25) is 4.79 Å². The van der Waals surface area contributed by atoms with Crippen molar-refractivity contribution in [2.75, 3.05) is 12.8 Å². The van der Waals surface area contributed by atoms with Gasteiger partial charge < -0.3 is 10.5 Å². The van der Waals surface area contributed by atoms with E-state index in [-0.39, 0.29) is 34.9 Å². The number of alkyl halides is 3. The Bertz CT molecular complexity index is 427. The van der Waals surface area contributed by atoms with Gasteiger partial charge in [-0.1, -0.05) is 0 Å². The number of aromatic nitrogens is 1. The smallest absolute Gasteiger partial charge is 0.310 e. The zero-order valence-corrected chi connectivity index (χ0v) is 9.80. The highest BCUT2D eigenvalue weighted by Gasteiger charge is 2.20. The number of hydrogen-bond acceptors (Lipinski definition) is 4. The fourth-order valence-electron chi connectivity index (χ4n) is 1.34. The summed E-state index contributed by atoms with van der Waals surface area (Å²) >= 11 is 5.51. The quantitative estimate of drug-likeness (QED) is 0.668. The third-order valence-corrected chi connectivity index (χ3v) is 2.44. The van der Waals surface area contributed by atoms with E-state index in [1.807, 2.05) is 0 Å². The van der Waals surface area contributed by atoms with Crippen molar-refractivity contribution in [2.45, 2.75) is 18.7 Å². The molecule has 17 heavy (non-hydrogen) atoms. The molecular weight excluding hydrogens is 254 g/mol. The number of esters is 1. The highest BCUT2D eigenvalue weighted by atomic mass is 35.5. The van der Waals surface area contributed by atoms with E-state index in [0.29, 0.717) is 0 Å². The number of pyridine rings is 1. The van der Waals surface area contributed by atoms with E-state index in [2.05, 4.69) is 9.72 Å². The normalized spacial score (nSPS) is 10.6. The number of anilines is 1. The number of ether oxygens (including phenoxy) is 1. The summed E-state index contributed by atoms with van der Waals surface area (Å²) in [6, 6.07) is 1.15. The first-order chi connectivity index (χ1) is 7.99. The van der Waals surface area contributed by atoms with Gasteiger partial charge in [-0.05, 0) is 6.07 Å². The first kappa shape index (κ1) is 13.6. The molecule has 1 heterocycles. The van der Waals surface area contributed by atoms with Crippen LogP contribution in [0.25, 0.3) is 0 Å². The molecule has 0 amide bonds. The lowest BCUT2D eigenvalue weighted by Crippen LogP contribution is -2.12. The van der Waals surface area contributed by atoms with Crippen LogP contribution in [0.1, 0.15) is 23.2 Å². The number of methoxy groups -OCH3 is 1. The van der Waals surface area contributed by atoms with E-state index < -0.39 is 12.4 Å². The molecule has 0 radical (unpaired) electrons. The van der Waals surface area contributed by atoms with Crippen LogP contribution in [0.2, 0.25) is 0 Å². The maximum atomic E-state index is 12.8. The predicted molar refractivity (Wildman–Crippen MR) is 58.9 cm³/mol. The summed E-state index contributed by atoms with van der Waals surface area (Å²) in [5.41, 5.74) is 5.42. The zero-order valence-electron chi connectivity index (χ0n) is 9.04. The summed E-state index contributed by atoms with van der Waals surface area (Å²) in [5, 5.41) is 0. The van der Waals surface area contributed by atoms with Crippen molar-refractivity contribution in [1.29, 1.82) is 0 Å². The topological polar surface area (TPSA) is 65.2 Å². The Morgan fingerprint density at radius 3 is 2.76 bits per heavy atom. The van der Waals surface area contributed by atoms with Crippen LogP contribution in [0.3, 0.4) is 0 Å². The van der Waals surface area contributed by atoms with Crippen LogP contribution in [-0.4, -0.2) is 18.1 Å². The van der Waals surface area contributed by atoms with Gasteiger partial charge >= 0.3 is 5.97 Å². The third-order valence-electron chi connectivity index (χ3n) is 2.16. The first-order valence-electron chi connectivity index (χ1n) is 4.68. The van der Waals surface area contributed by atoms with E-state index in [9.17, 15) is 13.6 Å². The molecule has 0 fully saturated rings.